The van der Waals surface area contributed by atoms with E-state index >= 15 is 0 Å². The Morgan fingerprint density at radius 3 is 1.33 bits per heavy atom. The lowest BCUT2D eigenvalue weighted by molar-refractivity contribution is -0.141. The number of nitrogens with one attached hydrogen (secondary N) is 9. The molecule has 27 heteroatoms. The first-order valence-corrected chi connectivity index (χ1v) is 25.9. The zero-order valence-corrected chi connectivity index (χ0v) is 43.8. The third-order valence-electron chi connectivity index (χ3n) is 12.6. The summed E-state index contributed by atoms with van der Waals surface area (Å²) in [5.74, 6) is -11.9. The van der Waals surface area contributed by atoms with Gasteiger partial charge in [-0.1, -0.05) is 34.1 Å². The lowest BCUT2D eigenvalue weighted by Crippen LogP contribution is -2.61. The van der Waals surface area contributed by atoms with E-state index in [1.807, 2.05) is 0 Å². The molecule has 10 atom stereocenters. The highest BCUT2D eigenvalue weighted by Gasteiger charge is 2.37. The number of carboxylic acids is 3. The Bertz CT molecular complexity index is 1900. The molecular weight excluding hydrogens is 985 g/mol. The van der Waals surface area contributed by atoms with Gasteiger partial charge in [-0.05, 0) is 121 Å². The van der Waals surface area contributed by atoms with Gasteiger partial charge in [0.05, 0.1) is 18.5 Å². The van der Waals surface area contributed by atoms with Crippen molar-refractivity contribution in [3.63, 3.8) is 0 Å². The van der Waals surface area contributed by atoms with Crippen LogP contribution < -0.4 is 65.1 Å². The number of aldehydes is 1. The highest BCUT2D eigenvalue weighted by molar-refractivity contribution is 5.98. The second-order valence-corrected chi connectivity index (χ2v) is 19.1. The monoisotopic (exact) mass is 1070 g/mol. The van der Waals surface area contributed by atoms with Crippen LogP contribution in [0.25, 0.3) is 0 Å². The van der Waals surface area contributed by atoms with E-state index in [9.17, 15) is 67.7 Å². The first-order chi connectivity index (χ1) is 35.5. The first-order valence-electron chi connectivity index (χ1n) is 25.9. The standard InChI is InChI=1S/C48H84N12O15/c1-5-28(4)40(48(75)58-35(25-38(66)67)46(73)53-29(26-61)17-19-36(62)63)60-45(72)33(15-8-11-23-51)55-44(71)34(18-20-37(64)65)56-42(69)31(13-6-9-21-49)54-43(70)32(14-7-10-22-50)57-47(74)39(27(2)3)59-41(68)30-16-12-24-52-30/h26-35,39-40,52H,5-25,49-51H2,1-4H3,(H,53,73)(H,54,70)(H,55,71)(H,56,69)(H,57,74)(H,58,75)(H,59,68)(H,60,72)(H,62,63)(H,64,65)(H,66,67)/t28-,29-,30-,31-,32-,33-,34-,35-,39-,40-/m0/s1. The van der Waals surface area contributed by atoms with Crippen LogP contribution in [0.1, 0.15) is 137 Å². The fraction of sp³-hybridized carbons (Fsp3) is 0.750. The number of carbonyl (C=O) groups is 12. The van der Waals surface area contributed by atoms with Crippen LogP contribution >= 0.6 is 0 Å². The van der Waals surface area contributed by atoms with E-state index in [1.165, 1.54) is 0 Å². The highest BCUT2D eigenvalue weighted by atomic mass is 16.4. The molecule has 1 rings (SSSR count). The van der Waals surface area contributed by atoms with Crippen molar-refractivity contribution in [3.8, 4) is 0 Å². The molecule has 8 amide bonds. The summed E-state index contributed by atoms with van der Waals surface area (Å²) in [6.45, 7) is 8.07. The van der Waals surface area contributed by atoms with Gasteiger partial charge in [0.25, 0.3) is 0 Å². The SMILES string of the molecule is CC[C@H](C)[C@H](NC(=O)[C@H](CCCCN)NC(=O)[C@H](CCC(=O)O)NC(=O)[C@H](CCCCN)NC(=O)[C@H](CCCCN)NC(=O)[C@@H](NC(=O)[C@@H]1CCCN1)C(C)C)C(=O)N[C@@H](CC(=O)O)C(=O)N[C@H](C=O)CCC(=O)O. The molecule has 0 radical (unpaired) electrons. The highest BCUT2D eigenvalue weighted by Crippen LogP contribution is 2.14. The Hall–Kier alpha value is -6.32. The normalized spacial score (nSPS) is 16.7. The smallest absolute Gasteiger partial charge is 0.305 e. The van der Waals surface area contributed by atoms with Gasteiger partial charge in [0, 0.05) is 12.8 Å². The second-order valence-electron chi connectivity index (χ2n) is 19.1. The molecule has 0 aromatic rings. The van der Waals surface area contributed by atoms with Gasteiger partial charge in [-0.25, -0.2) is 0 Å². The van der Waals surface area contributed by atoms with Crippen LogP contribution in [0.5, 0.6) is 0 Å². The fourth-order valence-electron chi connectivity index (χ4n) is 7.93. The Kier molecular flexibility index (Phi) is 32.5. The molecule has 0 aromatic carbocycles. The summed E-state index contributed by atoms with van der Waals surface area (Å²) in [5.41, 5.74) is 17.2. The van der Waals surface area contributed by atoms with Gasteiger partial charge in [0.1, 0.15) is 48.6 Å². The van der Waals surface area contributed by atoms with Crippen molar-refractivity contribution in [2.45, 2.75) is 191 Å². The summed E-state index contributed by atoms with van der Waals surface area (Å²) in [7, 11) is 0. The molecule has 1 heterocycles. The molecule has 0 bridgehead atoms. The van der Waals surface area contributed by atoms with E-state index in [4.69, 9.17) is 22.3 Å². The van der Waals surface area contributed by atoms with Crippen LogP contribution in [0.2, 0.25) is 0 Å². The molecule has 27 nitrogen and oxygen atoms in total. The van der Waals surface area contributed by atoms with Gasteiger partial charge in [-0.15, -0.1) is 0 Å². The predicted octanol–water partition coefficient (Wildman–Crippen LogP) is -2.89. The number of amides is 8. The number of carbonyl (C=O) groups excluding carboxylic acids is 9. The molecule has 1 aliphatic rings. The molecule has 18 N–H and O–H groups in total. The Morgan fingerprint density at radius 2 is 0.933 bits per heavy atom. The number of carboxylic acid groups (broad SMARTS) is 3. The number of aliphatic carboxylic acids is 3. The minimum Gasteiger partial charge on any atom is -0.481 e. The van der Waals surface area contributed by atoms with Gasteiger partial charge >= 0.3 is 17.9 Å². The molecular formula is C48H84N12O15. The Morgan fingerprint density at radius 1 is 0.520 bits per heavy atom. The summed E-state index contributed by atoms with van der Waals surface area (Å²) in [6, 6.07) is -11.7. The third-order valence-corrected chi connectivity index (χ3v) is 12.6. The Balaban J connectivity index is 3.52. The fourth-order valence-corrected chi connectivity index (χ4v) is 7.93. The van der Waals surface area contributed by atoms with Gasteiger partial charge in [-0.3, -0.25) is 52.7 Å². The van der Waals surface area contributed by atoms with E-state index in [0.29, 0.717) is 45.1 Å². The molecule has 75 heavy (non-hydrogen) atoms. The van der Waals surface area contributed by atoms with Gasteiger partial charge in [0.2, 0.25) is 47.3 Å². The molecule has 426 valence electrons. The molecule has 0 saturated carbocycles. The largest absolute Gasteiger partial charge is 0.481 e. The average Bonchev–Trinajstić information content (AvgIpc) is 3.91. The number of hydrogen-bond acceptors (Lipinski definition) is 16. The van der Waals surface area contributed by atoms with E-state index in [-0.39, 0.29) is 76.3 Å². The summed E-state index contributed by atoms with van der Waals surface area (Å²) in [6.07, 6.45) is 1.21. The van der Waals surface area contributed by atoms with Crippen LogP contribution in [-0.2, 0) is 57.5 Å². The Labute approximate surface area is 437 Å². The summed E-state index contributed by atoms with van der Waals surface area (Å²) >= 11 is 0. The average molecular weight is 1070 g/mol. The zero-order valence-electron chi connectivity index (χ0n) is 43.8. The van der Waals surface area contributed by atoms with Crippen molar-refractivity contribution < 1.29 is 72.9 Å². The quantitative estimate of drug-likeness (QED) is 0.0216. The third kappa shape index (κ3) is 26.1. The summed E-state index contributed by atoms with van der Waals surface area (Å²) in [4.78, 5) is 157. The van der Waals surface area contributed by atoms with Gasteiger partial charge in [-0.2, -0.15) is 0 Å². The summed E-state index contributed by atoms with van der Waals surface area (Å²) < 4.78 is 0. The van der Waals surface area contributed by atoms with E-state index in [2.05, 4.69) is 47.9 Å². The van der Waals surface area contributed by atoms with Crippen molar-refractivity contribution in [3.05, 3.63) is 0 Å². The predicted molar refractivity (Wildman–Crippen MR) is 272 cm³/mol. The first kappa shape index (κ1) is 66.7. The molecule has 1 aliphatic heterocycles. The number of nitrogens with two attached hydrogens (primary N) is 3. The van der Waals surface area contributed by atoms with Crippen molar-refractivity contribution in [2.75, 3.05) is 26.2 Å². The maximum Gasteiger partial charge on any atom is 0.305 e. The molecule has 1 fully saturated rings. The maximum absolute atomic E-state index is 14.2. The van der Waals surface area contributed by atoms with Crippen LogP contribution in [0, 0.1) is 11.8 Å². The lowest BCUT2D eigenvalue weighted by Gasteiger charge is -2.29. The van der Waals surface area contributed by atoms with Crippen LogP contribution in [0.4, 0.5) is 0 Å². The number of rotatable bonds is 40. The maximum atomic E-state index is 14.2. The van der Waals surface area contributed by atoms with E-state index in [1.54, 1.807) is 27.7 Å². The van der Waals surface area contributed by atoms with Crippen molar-refractivity contribution in [2.24, 2.45) is 29.0 Å². The summed E-state index contributed by atoms with van der Waals surface area (Å²) in [5, 5.41) is 51.6. The molecule has 0 aliphatic carbocycles. The second kappa shape index (κ2) is 36.6. The number of hydrogen-bond donors (Lipinski definition) is 15. The minimum atomic E-state index is -1.79. The van der Waals surface area contributed by atoms with Crippen molar-refractivity contribution in [1.29, 1.82) is 0 Å². The zero-order chi connectivity index (χ0) is 56.6. The molecule has 0 unspecified atom stereocenters. The van der Waals surface area contributed by atoms with E-state index < -0.39 is 145 Å². The topological polar surface area (TPSA) is 452 Å². The van der Waals surface area contributed by atoms with E-state index in [0.717, 1.165) is 6.42 Å². The molecule has 1 saturated heterocycles. The lowest BCUT2D eigenvalue weighted by atomic mass is 9.96. The van der Waals surface area contributed by atoms with Crippen LogP contribution in [-0.4, -0.2) is 167 Å². The van der Waals surface area contributed by atoms with Crippen molar-refractivity contribution in [1.82, 2.24) is 47.9 Å². The van der Waals surface area contributed by atoms with Crippen LogP contribution in [0.15, 0.2) is 0 Å². The van der Waals surface area contributed by atoms with Gasteiger partial charge < -0.3 is 85.2 Å². The molecule has 0 aromatic heterocycles. The molecule has 0 spiro atoms. The van der Waals surface area contributed by atoms with Crippen LogP contribution in [0.3, 0.4) is 0 Å². The van der Waals surface area contributed by atoms with Gasteiger partial charge in [0.15, 0.2) is 0 Å². The number of unbranched alkanes of at least 4 members (excludes halogenated alkanes) is 3. The van der Waals surface area contributed by atoms with Crippen molar-refractivity contribution >= 4 is 71.5 Å². The minimum absolute atomic E-state index is 0.00880.